The van der Waals surface area contributed by atoms with Gasteiger partial charge in [0, 0.05) is 37.8 Å². The number of rotatable bonds is 4. The van der Waals surface area contributed by atoms with Gasteiger partial charge >= 0.3 is 0 Å². The molecule has 1 saturated heterocycles. The average Bonchev–Trinajstić information content (AvgIpc) is 3.26. The first kappa shape index (κ1) is 19.7. The van der Waals surface area contributed by atoms with E-state index in [4.69, 9.17) is 16.1 Å². The van der Waals surface area contributed by atoms with Crippen molar-refractivity contribution in [1.82, 2.24) is 24.7 Å². The number of piperazine rings is 1. The van der Waals surface area contributed by atoms with Crippen molar-refractivity contribution in [3.8, 4) is 5.69 Å². The summed E-state index contributed by atoms with van der Waals surface area (Å²) in [7, 11) is 0. The van der Waals surface area contributed by atoms with Crippen molar-refractivity contribution in [3.63, 3.8) is 0 Å². The van der Waals surface area contributed by atoms with Gasteiger partial charge in [0.15, 0.2) is 5.76 Å². The molecule has 3 aromatic rings. The molecule has 4 rings (SSSR count). The lowest BCUT2D eigenvalue weighted by atomic mass is 10.1. The summed E-state index contributed by atoms with van der Waals surface area (Å²) in [6.07, 6.45) is 0. The highest BCUT2D eigenvalue weighted by molar-refractivity contribution is 6.31. The number of hydrogen-bond donors (Lipinski definition) is 0. The molecule has 2 aromatic heterocycles. The maximum absolute atomic E-state index is 12.9. The van der Waals surface area contributed by atoms with E-state index in [0.29, 0.717) is 23.7 Å². The summed E-state index contributed by atoms with van der Waals surface area (Å²) in [6, 6.07) is 9.48. The Balaban J connectivity index is 1.38. The fraction of sp³-hybridized carbons (Fsp3) is 0.381. The van der Waals surface area contributed by atoms with Crippen molar-refractivity contribution in [2.45, 2.75) is 27.3 Å². The molecule has 1 amide bonds. The minimum absolute atomic E-state index is 0.0538. The number of hydrogen-bond acceptors (Lipinski definition) is 5. The highest BCUT2D eigenvalue weighted by Crippen LogP contribution is 2.23. The number of aromatic nitrogens is 3. The van der Waals surface area contributed by atoms with Crippen molar-refractivity contribution in [3.05, 3.63) is 63.8 Å². The molecule has 1 fully saturated rings. The van der Waals surface area contributed by atoms with Gasteiger partial charge in [-0.1, -0.05) is 16.8 Å². The van der Waals surface area contributed by atoms with Gasteiger partial charge in [0.25, 0.3) is 5.91 Å². The summed E-state index contributed by atoms with van der Waals surface area (Å²) in [6.45, 7) is 9.47. The monoisotopic (exact) mass is 413 g/mol. The van der Waals surface area contributed by atoms with Gasteiger partial charge in [-0.05, 0) is 45.0 Å². The van der Waals surface area contributed by atoms with Gasteiger partial charge < -0.3 is 9.42 Å². The standard InChI is InChI=1S/C21H24ClN5O2/c1-14-12-19(29-24-14)13-25-8-10-26(11-9-25)21(28)17-4-6-18(7-5-17)27-16(3)20(22)15(2)23-27/h4-7,12H,8-11,13H2,1-3H3. The van der Waals surface area contributed by atoms with Crippen molar-refractivity contribution in [2.75, 3.05) is 26.2 Å². The van der Waals surface area contributed by atoms with Crippen LogP contribution in [0.5, 0.6) is 0 Å². The molecule has 0 N–H and O–H groups in total. The van der Waals surface area contributed by atoms with Crippen LogP contribution in [0.1, 0.15) is 33.2 Å². The van der Waals surface area contributed by atoms with Gasteiger partial charge in [0.1, 0.15) is 0 Å². The lowest BCUT2D eigenvalue weighted by molar-refractivity contribution is 0.0617. The summed E-state index contributed by atoms with van der Waals surface area (Å²) < 4.78 is 7.09. The molecular formula is C21H24ClN5O2. The maximum atomic E-state index is 12.9. The minimum atomic E-state index is 0.0538. The van der Waals surface area contributed by atoms with Gasteiger partial charge in [-0.25, -0.2) is 4.68 Å². The first-order valence-electron chi connectivity index (χ1n) is 9.68. The van der Waals surface area contributed by atoms with Crippen LogP contribution in [0.2, 0.25) is 5.02 Å². The van der Waals surface area contributed by atoms with E-state index in [9.17, 15) is 4.79 Å². The van der Waals surface area contributed by atoms with Crippen LogP contribution in [0.4, 0.5) is 0 Å². The zero-order chi connectivity index (χ0) is 20.5. The van der Waals surface area contributed by atoms with Gasteiger partial charge in [0.2, 0.25) is 0 Å². The van der Waals surface area contributed by atoms with Crippen LogP contribution in [0.25, 0.3) is 5.69 Å². The third-order valence-corrected chi connectivity index (χ3v) is 5.82. The van der Waals surface area contributed by atoms with Gasteiger partial charge in [-0.2, -0.15) is 5.10 Å². The van der Waals surface area contributed by atoms with Gasteiger partial charge in [-0.15, -0.1) is 0 Å². The zero-order valence-electron chi connectivity index (χ0n) is 16.9. The quantitative estimate of drug-likeness (QED) is 0.655. The van der Waals surface area contributed by atoms with Crippen LogP contribution in [-0.4, -0.2) is 56.8 Å². The minimum Gasteiger partial charge on any atom is -0.360 e. The van der Waals surface area contributed by atoms with Crippen LogP contribution in [0.15, 0.2) is 34.9 Å². The Morgan fingerprint density at radius 2 is 1.79 bits per heavy atom. The zero-order valence-corrected chi connectivity index (χ0v) is 17.6. The third kappa shape index (κ3) is 4.06. The van der Waals surface area contributed by atoms with E-state index in [1.807, 2.05) is 56.0 Å². The fourth-order valence-corrected chi connectivity index (χ4v) is 3.74. The average molecular weight is 414 g/mol. The Kier molecular flexibility index (Phi) is 5.43. The van der Waals surface area contributed by atoms with Crippen LogP contribution in [0, 0.1) is 20.8 Å². The second-order valence-corrected chi connectivity index (χ2v) is 7.82. The van der Waals surface area contributed by atoms with E-state index >= 15 is 0 Å². The molecule has 0 spiro atoms. The first-order chi connectivity index (χ1) is 13.9. The molecule has 0 atom stereocenters. The van der Waals surface area contributed by atoms with Gasteiger partial charge in [0.05, 0.1) is 34.3 Å². The summed E-state index contributed by atoms with van der Waals surface area (Å²) in [5.41, 5.74) is 4.14. The summed E-state index contributed by atoms with van der Waals surface area (Å²) in [5, 5.41) is 9.06. The molecule has 1 aliphatic heterocycles. The van der Waals surface area contributed by atoms with E-state index in [0.717, 1.165) is 48.2 Å². The molecule has 3 heterocycles. The third-order valence-electron chi connectivity index (χ3n) is 5.28. The van der Waals surface area contributed by atoms with E-state index in [2.05, 4.69) is 15.2 Å². The molecular weight excluding hydrogens is 390 g/mol. The SMILES string of the molecule is Cc1cc(CN2CCN(C(=O)c3ccc(-n4nc(C)c(Cl)c4C)cc3)CC2)on1. The predicted octanol–water partition coefficient (Wildman–Crippen LogP) is 3.40. The van der Waals surface area contributed by atoms with Crippen LogP contribution in [-0.2, 0) is 6.54 Å². The molecule has 0 saturated carbocycles. The Labute approximate surface area is 174 Å². The van der Waals surface area contributed by atoms with E-state index in [1.165, 1.54) is 0 Å². The van der Waals surface area contributed by atoms with Crippen LogP contribution in [0.3, 0.4) is 0 Å². The first-order valence-corrected chi connectivity index (χ1v) is 10.1. The summed E-state index contributed by atoms with van der Waals surface area (Å²) in [5.74, 6) is 0.917. The number of benzene rings is 1. The molecule has 7 nitrogen and oxygen atoms in total. The highest BCUT2D eigenvalue weighted by Gasteiger charge is 2.23. The second-order valence-electron chi connectivity index (χ2n) is 7.45. The Hall–Kier alpha value is -2.64. The summed E-state index contributed by atoms with van der Waals surface area (Å²) >= 11 is 6.24. The van der Waals surface area contributed by atoms with Crippen molar-refractivity contribution in [1.29, 1.82) is 0 Å². The Morgan fingerprint density at radius 3 is 2.34 bits per heavy atom. The number of halogens is 1. The normalized spacial score (nSPS) is 15.1. The topological polar surface area (TPSA) is 67.4 Å². The molecule has 0 unspecified atom stereocenters. The van der Waals surface area contributed by atoms with Crippen LogP contribution >= 0.6 is 11.6 Å². The van der Waals surface area contributed by atoms with E-state index < -0.39 is 0 Å². The largest absolute Gasteiger partial charge is 0.360 e. The Bertz CT molecular complexity index is 1020. The number of carbonyl (C=O) groups excluding carboxylic acids is 1. The van der Waals surface area contributed by atoms with Crippen molar-refractivity contribution < 1.29 is 9.32 Å². The molecule has 152 valence electrons. The fourth-order valence-electron chi connectivity index (χ4n) is 3.62. The number of amides is 1. The van der Waals surface area contributed by atoms with E-state index in [-0.39, 0.29) is 5.91 Å². The molecule has 0 aliphatic carbocycles. The lowest BCUT2D eigenvalue weighted by Gasteiger charge is -2.34. The van der Waals surface area contributed by atoms with Crippen molar-refractivity contribution >= 4 is 17.5 Å². The molecule has 8 heteroatoms. The number of nitrogens with zero attached hydrogens (tertiary/aromatic N) is 5. The number of carbonyl (C=O) groups is 1. The Morgan fingerprint density at radius 1 is 1.10 bits per heavy atom. The van der Waals surface area contributed by atoms with Gasteiger partial charge in [-0.3, -0.25) is 9.69 Å². The highest BCUT2D eigenvalue weighted by atomic mass is 35.5. The van der Waals surface area contributed by atoms with Crippen molar-refractivity contribution in [2.24, 2.45) is 0 Å². The molecule has 29 heavy (non-hydrogen) atoms. The summed E-state index contributed by atoms with van der Waals surface area (Å²) in [4.78, 5) is 17.1. The predicted molar refractivity (Wildman–Crippen MR) is 110 cm³/mol. The molecule has 1 aliphatic rings. The number of aryl methyl sites for hydroxylation is 2. The second kappa shape index (κ2) is 8.00. The molecule has 0 radical (unpaired) electrons. The maximum Gasteiger partial charge on any atom is 0.253 e. The van der Waals surface area contributed by atoms with Crippen LogP contribution < -0.4 is 0 Å². The lowest BCUT2D eigenvalue weighted by Crippen LogP contribution is -2.48. The molecule has 0 bridgehead atoms. The van der Waals surface area contributed by atoms with E-state index in [1.54, 1.807) is 4.68 Å². The molecule has 1 aromatic carbocycles. The smallest absolute Gasteiger partial charge is 0.253 e.